The van der Waals surface area contributed by atoms with E-state index >= 15 is 0 Å². The van der Waals surface area contributed by atoms with Crippen molar-refractivity contribution < 1.29 is 23.9 Å². The summed E-state index contributed by atoms with van der Waals surface area (Å²) in [6.45, 7) is 11.6. The SMILES string of the molecule is CCCC[C@@H](CC)C(=O)O[C@H](C)CNC(=O)[C@H](C)OC(=O)[C@H](CC)CCCC. The minimum Gasteiger partial charge on any atom is -0.461 e. The number of carbonyl (C=O) groups excluding carboxylic acids is 3. The first-order valence-electron chi connectivity index (χ1n) is 11.0. The van der Waals surface area contributed by atoms with Gasteiger partial charge in [0.25, 0.3) is 5.91 Å². The van der Waals surface area contributed by atoms with Gasteiger partial charge in [-0.25, -0.2) is 0 Å². The second-order valence-corrected chi connectivity index (χ2v) is 7.57. The fraction of sp³-hybridized carbons (Fsp3) is 0.864. The lowest BCUT2D eigenvalue weighted by molar-refractivity contribution is -0.159. The van der Waals surface area contributed by atoms with Crippen molar-refractivity contribution in [2.45, 2.75) is 105 Å². The van der Waals surface area contributed by atoms with Gasteiger partial charge in [0.1, 0.15) is 6.10 Å². The van der Waals surface area contributed by atoms with Crippen LogP contribution in [-0.2, 0) is 23.9 Å². The average molecular weight is 400 g/mol. The summed E-state index contributed by atoms with van der Waals surface area (Å²) >= 11 is 0. The molecule has 0 heterocycles. The van der Waals surface area contributed by atoms with Crippen LogP contribution < -0.4 is 5.32 Å². The average Bonchev–Trinajstić information content (AvgIpc) is 2.67. The van der Waals surface area contributed by atoms with Gasteiger partial charge in [0, 0.05) is 0 Å². The summed E-state index contributed by atoms with van der Waals surface area (Å²) in [6, 6.07) is 0. The minimum absolute atomic E-state index is 0.0907. The Hall–Kier alpha value is -1.59. The zero-order valence-electron chi connectivity index (χ0n) is 18.7. The van der Waals surface area contributed by atoms with E-state index in [-0.39, 0.29) is 36.2 Å². The van der Waals surface area contributed by atoms with E-state index in [9.17, 15) is 14.4 Å². The first-order valence-corrected chi connectivity index (χ1v) is 11.0. The third-order valence-corrected chi connectivity index (χ3v) is 5.01. The second-order valence-electron chi connectivity index (χ2n) is 7.57. The molecule has 0 aromatic carbocycles. The standard InChI is InChI=1S/C22H41NO5/c1-7-11-13-18(9-3)21(25)27-16(5)15-23-20(24)17(6)28-22(26)19(10-4)14-12-8-2/h16-19H,7-15H2,1-6H3,(H,23,24)/t16-,17+,18-,19-/m1/s1. The zero-order valence-corrected chi connectivity index (χ0v) is 18.7. The molecule has 0 rings (SSSR count). The van der Waals surface area contributed by atoms with Gasteiger partial charge in [-0.1, -0.05) is 53.4 Å². The maximum Gasteiger partial charge on any atom is 0.309 e. The molecule has 0 aromatic rings. The quantitative estimate of drug-likeness (QED) is 0.413. The highest BCUT2D eigenvalue weighted by atomic mass is 16.6. The molecular formula is C22H41NO5. The number of ether oxygens (including phenoxy) is 2. The molecule has 1 amide bonds. The van der Waals surface area contributed by atoms with Crippen LogP contribution in [0.2, 0.25) is 0 Å². The molecule has 28 heavy (non-hydrogen) atoms. The maximum atomic E-state index is 12.2. The van der Waals surface area contributed by atoms with Crippen molar-refractivity contribution in [1.82, 2.24) is 5.32 Å². The summed E-state index contributed by atoms with van der Waals surface area (Å²) in [7, 11) is 0. The number of nitrogens with one attached hydrogen (secondary N) is 1. The number of esters is 2. The maximum absolute atomic E-state index is 12.2. The van der Waals surface area contributed by atoms with Gasteiger partial charge >= 0.3 is 11.9 Å². The number of carbonyl (C=O) groups is 3. The Bertz CT molecular complexity index is 466. The first kappa shape index (κ1) is 26.4. The predicted molar refractivity (Wildman–Crippen MR) is 111 cm³/mol. The molecule has 0 aliphatic carbocycles. The van der Waals surface area contributed by atoms with Crippen molar-refractivity contribution in [3.63, 3.8) is 0 Å². The van der Waals surface area contributed by atoms with Crippen molar-refractivity contribution in [3.05, 3.63) is 0 Å². The lowest BCUT2D eigenvalue weighted by Gasteiger charge is -2.21. The lowest BCUT2D eigenvalue weighted by atomic mass is 10.00. The van der Waals surface area contributed by atoms with E-state index in [1.54, 1.807) is 13.8 Å². The third kappa shape index (κ3) is 10.7. The van der Waals surface area contributed by atoms with Crippen molar-refractivity contribution >= 4 is 17.8 Å². The molecule has 0 aliphatic heterocycles. The van der Waals surface area contributed by atoms with E-state index in [0.717, 1.165) is 44.9 Å². The van der Waals surface area contributed by atoms with Gasteiger partial charge < -0.3 is 14.8 Å². The molecular weight excluding hydrogens is 358 g/mol. The summed E-state index contributed by atoms with van der Waals surface area (Å²) < 4.78 is 10.8. The molecule has 0 spiro atoms. The summed E-state index contributed by atoms with van der Waals surface area (Å²) in [6.07, 6.45) is 5.81. The van der Waals surface area contributed by atoms with Crippen LogP contribution in [0.5, 0.6) is 0 Å². The predicted octanol–water partition coefficient (Wildman–Crippen LogP) is 4.40. The van der Waals surface area contributed by atoms with Gasteiger partial charge in [0.2, 0.25) is 0 Å². The number of hydrogen-bond acceptors (Lipinski definition) is 5. The molecule has 0 unspecified atom stereocenters. The van der Waals surface area contributed by atoms with E-state index in [1.807, 2.05) is 13.8 Å². The zero-order chi connectivity index (χ0) is 21.5. The number of unbranched alkanes of at least 4 members (excludes halogenated alkanes) is 2. The molecule has 4 atom stereocenters. The van der Waals surface area contributed by atoms with Crippen molar-refractivity contribution in [2.75, 3.05) is 6.54 Å². The molecule has 0 saturated carbocycles. The topological polar surface area (TPSA) is 81.7 Å². The summed E-state index contributed by atoms with van der Waals surface area (Å²) in [5, 5.41) is 2.70. The van der Waals surface area contributed by atoms with Gasteiger partial charge in [0.05, 0.1) is 18.4 Å². The highest BCUT2D eigenvalue weighted by Gasteiger charge is 2.24. The smallest absolute Gasteiger partial charge is 0.309 e. The Balaban J connectivity index is 4.36. The molecule has 0 bridgehead atoms. The van der Waals surface area contributed by atoms with E-state index in [1.165, 1.54) is 0 Å². The molecule has 6 heteroatoms. The largest absolute Gasteiger partial charge is 0.461 e. The first-order chi connectivity index (χ1) is 13.3. The summed E-state index contributed by atoms with van der Waals surface area (Å²) in [5.74, 6) is -1.16. The molecule has 0 saturated heterocycles. The Morgan fingerprint density at radius 2 is 1.25 bits per heavy atom. The number of amides is 1. The molecule has 164 valence electrons. The summed E-state index contributed by atoms with van der Waals surface area (Å²) in [5.41, 5.74) is 0. The Morgan fingerprint density at radius 1 is 0.786 bits per heavy atom. The fourth-order valence-corrected chi connectivity index (χ4v) is 2.93. The van der Waals surface area contributed by atoms with Crippen LogP contribution in [0.25, 0.3) is 0 Å². The Kier molecular flexibility index (Phi) is 14.5. The van der Waals surface area contributed by atoms with Gasteiger partial charge in [-0.15, -0.1) is 0 Å². The minimum atomic E-state index is -0.862. The monoisotopic (exact) mass is 399 g/mol. The Labute approximate surface area is 171 Å². The Morgan fingerprint density at radius 3 is 1.68 bits per heavy atom. The fourth-order valence-electron chi connectivity index (χ4n) is 2.93. The molecule has 0 radical (unpaired) electrons. The highest BCUT2D eigenvalue weighted by Crippen LogP contribution is 2.16. The third-order valence-electron chi connectivity index (χ3n) is 5.01. The van der Waals surface area contributed by atoms with Crippen molar-refractivity contribution in [1.29, 1.82) is 0 Å². The van der Waals surface area contributed by atoms with Crippen molar-refractivity contribution in [3.8, 4) is 0 Å². The normalized spacial score (nSPS) is 15.2. The summed E-state index contributed by atoms with van der Waals surface area (Å²) in [4.78, 5) is 36.6. The van der Waals surface area contributed by atoms with Crippen molar-refractivity contribution in [2.24, 2.45) is 11.8 Å². The van der Waals surface area contributed by atoms with Crippen LogP contribution in [0.3, 0.4) is 0 Å². The number of rotatable bonds is 15. The van der Waals surface area contributed by atoms with Crippen LogP contribution in [-0.4, -0.2) is 36.6 Å². The van der Waals surface area contributed by atoms with Crippen LogP contribution in [0.15, 0.2) is 0 Å². The van der Waals surface area contributed by atoms with E-state index in [0.29, 0.717) is 6.42 Å². The second kappa shape index (κ2) is 15.3. The van der Waals surface area contributed by atoms with E-state index in [2.05, 4.69) is 19.2 Å². The van der Waals surface area contributed by atoms with Gasteiger partial charge in [-0.3, -0.25) is 14.4 Å². The molecule has 6 nitrogen and oxygen atoms in total. The molecule has 0 fully saturated rings. The van der Waals surface area contributed by atoms with Crippen LogP contribution in [0, 0.1) is 11.8 Å². The van der Waals surface area contributed by atoms with Crippen LogP contribution in [0.1, 0.15) is 92.9 Å². The molecule has 1 N–H and O–H groups in total. The van der Waals surface area contributed by atoms with Gasteiger partial charge in [-0.05, 0) is 39.5 Å². The number of hydrogen-bond donors (Lipinski definition) is 1. The molecule has 0 aromatic heterocycles. The van der Waals surface area contributed by atoms with Crippen LogP contribution >= 0.6 is 0 Å². The van der Waals surface area contributed by atoms with Gasteiger partial charge in [0.15, 0.2) is 6.10 Å². The van der Waals surface area contributed by atoms with Gasteiger partial charge in [-0.2, -0.15) is 0 Å². The molecule has 0 aliphatic rings. The van der Waals surface area contributed by atoms with E-state index in [4.69, 9.17) is 9.47 Å². The lowest BCUT2D eigenvalue weighted by Crippen LogP contribution is -2.41. The van der Waals surface area contributed by atoms with Crippen LogP contribution in [0.4, 0.5) is 0 Å². The van der Waals surface area contributed by atoms with E-state index < -0.39 is 12.2 Å². The highest BCUT2D eigenvalue weighted by molar-refractivity contribution is 5.84.